The molecular weight excluding hydrogens is 1640 g/mol. The fourth-order valence-electron chi connectivity index (χ4n) is 15.8. The summed E-state index contributed by atoms with van der Waals surface area (Å²) < 4.78 is 97.4. The first-order valence-corrected chi connectivity index (χ1v) is 47.7. The number of aliphatic hydroxyl groups excluding tert-OH is 1. The van der Waals surface area contributed by atoms with Crippen LogP contribution in [0.5, 0.6) is 17.2 Å². The van der Waals surface area contributed by atoms with E-state index in [1.54, 1.807) is 121 Å². The summed E-state index contributed by atoms with van der Waals surface area (Å²) in [5, 5.41) is 54.1. The zero-order valence-electron chi connectivity index (χ0n) is 74.4. The zero-order chi connectivity index (χ0) is 89.3. The van der Waals surface area contributed by atoms with Gasteiger partial charge in [-0.3, -0.25) is 15.3 Å². The number of hydrogen-bond donors (Lipinski definition) is 11. The quantitative estimate of drug-likeness (QED) is 0.0207. The second kappa shape index (κ2) is 39.6. The minimum atomic E-state index is -3.55. The van der Waals surface area contributed by atoms with Crippen LogP contribution in [0.4, 0.5) is 69.4 Å². The monoisotopic (exact) mass is 1760 g/mol. The molecule has 31 nitrogen and oxygen atoms in total. The molecule has 3 fully saturated rings. The molecule has 34 heteroatoms. The maximum Gasteiger partial charge on any atom is 0.231 e. The van der Waals surface area contributed by atoms with Crippen LogP contribution in [-0.4, -0.2) is 188 Å². The lowest BCUT2D eigenvalue weighted by Crippen LogP contribution is -2.35. The van der Waals surface area contributed by atoms with E-state index in [1.807, 2.05) is 54.5 Å². The highest BCUT2D eigenvalue weighted by Gasteiger charge is 2.31. The van der Waals surface area contributed by atoms with Crippen molar-refractivity contribution in [2.45, 2.75) is 222 Å². The first-order chi connectivity index (χ1) is 59.6. The van der Waals surface area contributed by atoms with Crippen molar-refractivity contribution in [3.8, 4) is 17.2 Å². The number of fused-ring (bicyclic) bond motifs is 3. The molecule has 125 heavy (non-hydrogen) atoms. The Hall–Kier alpha value is -11.1. The van der Waals surface area contributed by atoms with Crippen molar-refractivity contribution < 1.29 is 44.6 Å². The van der Waals surface area contributed by atoms with E-state index in [1.165, 1.54) is 35.1 Å². The number of benzene rings is 6. The number of ether oxygens (including phenoxy) is 3. The number of hydrogen-bond acceptors (Lipinski definition) is 28. The maximum absolute atomic E-state index is 13.2. The molecule has 0 saturated carbocycles. The van der Waals surface area contributed by atoms with E-state index in [0.717, 1.165) is 110 Å². The lowest BCUT2D eigenvalue weighted by atomic mass is 9.86. The second-order valence-electron chi connectivity index (χ2n) is 34.1. The third-order valence-electron chi connectivity index (χ3n) is 22.6. The molecular formula is C91H119N21O10S3. The standard InChI is InChI=1S/C31H41N7O4S.2C30H39N7O3S/c1-19(2)42-27-17-23(22-10-12-38(13-11-22)14-15-39)21(5)16-26(27)34-31-35-29(24-18-32-37-30(24)36-31)33-25-8-6-7-9-28(25)43(40,41)20(3)4;1-17(2)40-26-15-21(23-9-7-8-12-31-23)20(6)14-24(26)34-30-35-28(22-16-32-37-29(22)36-30)33-25-13-19(5)10-11-27(25)41(38,39)18(3)4;1-18(2)40-26-16-22(21-11-13-37(6)14-12-21)20(5)15-25(26)33-30-34-28(23-17-31-36-29(23)35-30)32-24-9-7-8-10-27(24)41(38,39)19(3)4/h6-9,16-20,22,39H,10-15H2,1-5H3,(H3,32,33,34,35,36,37);10-11,13-18,23,31H,7-9,12H2,1-6H3,(H3,32,33,34,35,36,37);7-10,15-19,21H,11-14H2,1-6H3,(H3,31,32,33,34,35,36). The molecule has 1 atom stereocenters. The summed E-state index contributed by atoms with van der Waals surface area (Å²) in [7, 11) is -8.45. The predicted molar refractivity (Wildman–Crippen MR) is 496 cm³/mol. The molecule has 0 amide bonds. The fraction of sp³-hybridized carbons (Fsp3) is 0.440. The van der Waals surface area contributed by atoms with Gasteiger partial charge in [0.2, 0.25) is 17.8 Å². The summed E-state index contributed by atoms with van der Waals surface area (Å²) in [6.07, 6.45) is 12.5. The number of aryl methyl sites for hydroxylation is 4. The van der Waals surface area contributed by atoms with Crippen molar-refractivity contribution in [2.75, 3.05) is 84.8 Å². The topological polar surface area (TPSA) is 404 Å². The van der Waals surface area contributed by atoms with Gasteiger partial charge in [0.05, 0.1) is 124 Å². The Morgan fingerprint density at radius 3 is 1.17 bits per heavy atom. The Balaban J connectivity index is 0.000000161. The highest BCUT2D eigenvalue weighted by molar-refractivity contribution is 7.92. The SMILES string of the molecule is Cc1cc(Nc2nc(Nc3ccccc3S(=O)(=O)C(C)C)c3cn[nH]c3n2)c(OC(C)C)cc1C1CCN(C)CC1.Cc1cc(Nc2nc(Nc3ccccc3S(=O)(=O)C(C)C)c3cn[nH]c3n2)c(OC(C)C)cc1C1CCN(CCO)CC1.Cc1ccc(S(=O)(=O)C(C)C)c(Nc2nc(Nc3cc(C)c(C4CCCCN4)cc3OC(C)C)nc3[nH]ncc23)c1. The molecule has 15 rings (SSSR count). The number of anilines is 12. The van der Waals surface area contributed by atoms with Crippen LogP contribution in [0.25, 0.3) is 33.1 Å². The fourth-order valence-corrected chi connectivity index (χ4v) is 19.4. The molecule has 0 spiro atoms. The van der Waals surface area contributed by atoms with E-state index in [-0.39, 0.29) is 39.6 Å². The third-order valence-corrected chi connectivity index (χ3v) is 29.2. The molecule has 3 aliphatic heterocycles. The van der Waals surface area contributed by atoms with Crippen LogP contribution in [0.3, 0.4) is 0 Å². The summed E-state index contributed by atoms with van der Waals surface area (Å²) in [5.41, 5.74) is 13.3. The number of β-amino-alcohol motifs (C(OH)–C–C–N with tert-alkyl or cyclic N) is 1. The van der Waals surface area contributed by atoms with Gasteiger partial charge in [-0.25, -0.2) is 25.3 Å². The normalized spacial score (nSPS) is 15.3. The smallest absolute Gasteiger partial charge is 0.231 e. The number of piperidine rings is 3. The Morgan fingerprint density at radius 1 is 0.424 bits per heavy atom. The molecule has 0 radical (unpaired) electrons. The molecule has 3 aliphatic rings. The second-order valence-corrected chi connectivity index (χ2v) is 41.6. The van der Waals surface area contributed by atoms with E-state index in [4.69, 9.17) is 29.2 Å². The van der Waals surface area contributed by atoms with E-state index in [0.29, 0.717) is 116 Å². The molecule has 6 aromatic carbocycles. The van der Waals surface area contributed by atoms with Gasteiger partial charge in [0.15, 0.2) is 46.5 Å². The van der Waals surface area contributed by atoms with Gasteiger partial charge >= 0.3 is 0 Å². The van der Waals surface area contributed by atoms with E-state index < -0.39 is 45.3 Å². The number of rotatable bonds is 29. The van der Waals surface area contributed by atoms with Crippen LogP contribution in [0.2, 0.25) is 0 Å². The molecule has 0 aliphatic carbocycles. The zero-order valence-corrected chi connectivity index (χ0v) is 76.9. The molecule has 12 aromatic rings. The van der Waals surface area contributed by atoms with Gasteiger partial charge in [0, 0.05) is 12.6 Å². The number of H-pyrrole nitrogens is 3. The summed E-state index contributed by atoms with van der Waals surface area (Å²) in [6.45, 7) is 36.3. The minimum absolute atomic E-state index is 0.0174. The summed E-state index contributed by atoms with van der Waals surface area (Å²) in [5.74, 6) is 5.32. The number of nitrogens with zero attached hydrogens (tertiary/aromatic N) is 11. The van der Waals surface area contributed by atoms with Crippen molar-refractivity contribution in [3.05, 3.63) is 161 Å². The Morgan fingerprint density at radius 2 is 0.792 bits per heavy atom. The van der Waals surface area contributed by atoms with Gasteiger partial charge in [-0.2, -0.15) is 45.2 Å². The summed E-state index contributed by atoms with van der Waals surface area (Å²) in [4.78, 5) is 33.5. The molecule has 666 valence electrons. The number of aromatic amines is 3. The van der Waals surface area contributed by atoms with Crippen LogP contribution in [-0.2, 0) is 29.5 Å². The van der Waals surface area contributed by atoms with E-state index >= 15 is 0 Å². The number of likely N-dealkylation sites (tertiary alicyclic amines) is 2. The molecule has 1 unspecified atom stereocenters. The van der Waals surface area contributed by atoms with Crippen molar-refractivity contribution in [2.24, 2.45) is 0 Å². The number of nitrogens with one attached hydrogen (secondary N) is 10. The van der Waals surface area contributed by atoms with Crippen molar-refractivity contribution in [1.29, 1.82) is 0 Å². The molecule has 6 aromatic heterocycles. The summed E-state index contributed by atoms with van der Waals surface area (Å²) >= 11 is 0. The van der Waals surface area contributed by atoms with Gasteiger partial charge in [0.1, 0.15) is 34.7 Å². The van der Waals surface area contributed by atoms with Crippen LogP contribution in [0.1, 0.15) is 185 Å². The van der Waals surface area contributed by atoms with Crippen LogP contribution in [0.15, 0.2) is 136 Å². The first-order valence-electron chi connectivity index (χ1n) is 43.1. The van der Waals surface area contributed by atoms with E-state index in [2.05, 4.69) is 157 Å². The van der Waals surface area contributed by atoms with Crippen LogP contribution in [0, 0.1) is 27.7 Å². The molecule has 11 N–H and O–H groups in total. The average Bonchev–Trinajstić information content (AvgIpc) is 1.74. The van der Waals surface area contributed by atoms with Crippen molar-refractivity contribution in [1.82, 2.24) is 75.6 Å². The molecule has 9 heterocycles. The van der Waals surface area contributed by atoms with Gasteiger partial charge < -0.3 is 66.3 Å². The lowest BCUT2D eigenvalue weighted by Gasteiger charge is -2.32. The molecule has 3 saturated heterocycles. The van der Waals surface area contributed by atoms with Gasteiger partial charge in [-0.1, -0.05) is 36.8 Å². The number of para-hydroxylation sites is 2. The van der Waals surface area contributed by atoms with Crippen LogP contribution < -0.4 is 51.4 Å². The van der Waals surface area contributed by atoms with Crippen LogP contribution >= 0.6 is 0 Å². The largest absolute Gasteiger partial charge is 0.489 e. The number of sulfone groups is 3. The Labute approximate surface area is 732 Å². The predicted octanol–water partition coefficient (Wildman–Crippen LogP) is 17.5. The third kappa shape index (κ3) is 21.7. The van der Waals surface area contributed by atoms with Gasteiger partial charge in [0.25, 0.3) is 0 Å². The number of aromatic nitrogens is 12. The molecule has 0 bridgehead atoms. The number of aliphatic hydroxyl groups is 1. The average molecular weight is 1760 g/mol. The van der Waals surface area contributed by atoms with Gasteiger partial charge in [-0.15, -0.1) is 0 Å². The lowest BCUT2D eigenvalue weighted by molar-refractivity contribution is 0.164. The van der Waals surface area contributed by atoms with E-state index in [9.17, 15) is 30.4 Å². The summed E-state index contributed by atoms with van der Waals surface area (Å²) in [6, 6.07) is 31.9. The van der Waals surface area contributed by atoms with Crippen molar-refractivity contribution in [3.63, 3.8) is 0 Å². The maximum atomic E-state index is 13.2. The first kappa shape index (κ1) is 91.6. The highest BCUT2D eigenvalue weighted by Crippen LogP contribution is 2.44. The van der Waals surface area contributed by atoms with Gasteiger partial charge in [-0.05, 0) is 313 Å². The Kier molecular flexibility index (Phi) is 29.0. The Bertz CT molecular complexity index is 6150. The van der Waals surface area contributed by atoms with Crippen molar-refractivity contribution >= 4 is 132 Å². The highest BCUT2D eigenvalue weighted by atomic mass is 32.2. The minimum Gasteiger partial charge on any atom is -0.489 e.